The Kier molecular flexibility index (Phi) is 4.37. The number of pyridine rings is 1. The van der Waals surface area contributed by atoms with Crippen LogP contribution in [0.2, 0.25) is 0 Å². The summed E-state index contributed by atoms with van der Waals surface area (Å²) in [6.45, 7) is 0.813. The van der Waals surface area contributed by atoms with Crippen molar-refractivity contribution in [3.8, 4) is 5.75 Å². The lowest BCUT2D eigenvalue weighted by Crippen LogP contribution is -2.36. The average molecular weight is 296 g/mol. The van der Waals surface area contributed by atoms with Crippen molar-refractivity contribution >= 4 is 5.91 Å². The average Bonchev–Trinajstić information content (AvgIpc) is 3.03. The highest BCUT2D eigenvalue weighted by Gasteiger charge is 2.30. The lowest BCUT2D eigenvalue weighted by Gasteiger charge is -2.25. The normalized spacial score (nSPS) is 17.5. The molecular formula is C18H20N2O2. The fourth-order valence-corrected chi connectivity index (χ4v) is 3.10. The molecule has 0 unspecified atom stereocenters. The van der Waals surface area contributed by atoms with Gasteiger partial charge in [0.05, 0.1) is 12.7 Å². The van der Waals surface area contributed by atoms with Gasteiger partial charge in [-0.15, -0.1) is 0 Å². The number of amides is 1. The first-order valence-corrected chi connectivity index (χ1v) is 7.62. The Balaban J connectivity index is 1.77. The first kappa shape index (κ1) is 14.6. The van der Waals surface area contributed by atoms with Crippen molar-refractivity contribution in [1.82, 2.24) is 9.88 Å². The lowest BCUT2D eigenvalue weighted by atomic mass is 10.0. The minimum atomic E-state index is 0.0745. The van der Waals surface area contributed by atoms with Crippen LogP contribution in [0, 0.1) is 0 Å². The van der Waals surface area contributed by atoms with Gasteiger partial charge in [-0.1, -0.05) is 18.2 Å². The summed E-state index contributed by atoms with van der Waals surface area (Å²) in [5, 5.41) is 0. The van der Waals surface area contributed by atoms with Gasteiger partial charge in [-0.3, -0.25) is 9.78 Å². The number of carbonyl (C=O) groups excluding carboxylic acids is 1. The van der Waals surface area contributed by atoms with Gasteiger partial charge in [0, 0.05) is 25.0 Å². The van der Waals surface area contributed by atoms with E-state index in [0.717, 1.165) is 37.1 Å². The van der Waals surface area contributed by atoms with Crippen LogP contribution in [0.1, 0.15) is 28.8 Å². The molecule has 1 aromatic heterocycles. The number of hydrogen-bond acceptors (Lipinski definition) is 3. The Hall–Kier alpha value is -2.36. The summed E-state index contributed by atoms with van der Waals surface area (Å²) >= 11 is 0. The molecule has 1 amide bonds. The van der Waals surface area contributed by atoms with Crippen LogP contribution in [0.3, 0.4) is 0 Å². The Bertz CT molecular complexity index is 643. The fraction of sp³-hybridized carbons (Fsp3) is 0.333. The first-order chi connectivity index (χ1) is 10.8. The van der Waals surface area contributed by atoms with Gasteiger partial charge in [0.2, 0.25) is 0 Å². The SMILES string of the molecule is COc1ccccc1C[C@@H]1CCCN1C(=O)c1cccnc1. The van der Waals surface area contributed by atoms with E-state index in [1.807, 2.05) is 29.2 Å². The Morgan fingerprint density at radius 1 is 1.32 bits per heavy atom. The van der Waals surface area contributed by atoms with Crippen molar-refractivity contribution in [3.63, 3.8) is 0 Å². The van der Waals surface area contributed by atoms with Crippen LogP contribution in [0.4, 0.5) is 0 Å². The number of nitrogens with zero attached hydrogens (tertiary/aromatic N) is 2. The molecule has 1 atom stereocenters. The third-order valence-corrected chi connectivity index (χ3v) is 4.19. The maximum atomic E-state index is 12.7. The maximum absolute atomic E-state index is 12.7. The second-order valence-electron chi connectivity index (χ2n) is 5.55. The monoisotopic (exact) mass is 296 g/mol. The van der Waals surface area contributed by atoms with Gasteiger partial charge in [-0.25, -0.2) is 0 Å². The highest BCUT2D eigenvalue weighted by Crippen LogP contribution is 2.27. The summed E-state index contributed by atoms with van der Waals surface area (Å²) in [6.07, 6.45) is 6.24. The third kappa shape index (κ3) is 2.96. The second-order valence-corrected chi connectivity index (χ2v) is 5.55. The third-order valence-electron chi connectivity index (χ3n) is 4.19. The summed E-state index contributed by atoms with van der Waals surface area (Å²) in [6, 6.07) is 11.9. The number of methoxy groups -OCH3 is 1. The summed E-state index contributed by atoms with van der Waals surface area (Å²) in [4.78, 5) is 18.7. The van der Waals surface area contributed by atoms with E-state index in [-0.39, 0.29) is 11.9 Å². The Morgan fingerprint density at radius 3 is 2.95 bits per heavy atom. The molecule has 2 aromatic rings. The van der Waals surface area contributed by atoms with Crippen molar-refractivity contribution in [1.29, 1.82) is 0 Å². The van der Waals surface area contributed by atoms with Gasteiger partial charge in [0.15, 0.2) is 0 Å². The Morgan fingerprint density at radius 2 is 2.18 bits per heavy atom. The van der Waals surface area contributed by atoms with E-state index >= 15 is 0 Å². The van der Waals surface area contributed by atoms with Gasteiger partial charge in [-0.2, -0.15) is 0 Å². The van der Waals surface area contributed by atoms with Crippen LogP contribution in [-0.4, -0.2) is 35.5 Å². The minimum absolute atomic E-state index is 0.0745. The molecule has 114 valence electrons. The van der Waals surface area contributed by atoms with Gasteiger partial charge in [0.1, 0.15) is 5.75 Å². The number of benzene rings is 1. The zero-order valence-corrected chi connectivity index (χ0v) is 12.7. The quantitative estimate of drug-likeness (QED) is 0.871. The molecule has 2 heterocycles. The maximum Gasteiger partial charge on any atom is 0.255 e. The predicted octanol–water partition coefficient (Wildman–Crippen LogP) is 2.94. The highest BCUT2D eigenvalue weighted by molar-refractivity contribution is 5.94. The van der Waals surface area contributed by atoms with E-state index in [0.29, 0.717) is 5.56 Å². The fourth-order valence-electron chi connectivity index (χ4n) is 3.10. The lowest BCUT2D eigenvalue weighted by molar-refractivity contribution is 0.0735. The number of ether oxygens (including phenoxy) is 1. The van der Waals surface area contributed by atoms with Crippen LogP contribution in [-0.2, 0) is 6.42 Å². The molecule has 22 heavy (non-hydrogen) atoms. The molecule has 1 aliphatic heterocycles. The number of likely N-dealkylation sites (tertiary alicyclic amines) is 1. The first-order valence-electron chi connectivity index (χ1n) is 7.62. The molecule has 0 bridgehead atoms. The van der Waals surface area contributed by atoms with Crippen molar-refractivity contribution in [2.24, 2.45) is 0 Å². The van der Waals surface area contributed by atoms with Crippen molar-refractivity contribution in [3.05, 3.63) is 59.9 Å². The molecule has 3 rings (SSSR count). The van der Waals surface area contributed by atoms with E-state index in [4.69, 9.17) is 4.74 Å². The molecule has 4 nitrogen and oxygen atoms in total. The number of rotatable bonds is 4. The molecule has 4 heteroatoms. The standard InChI is InChI=1S/C18H20N2O2/c1-22-17-9-3-2-6-14(17)12-16-8-5-11-20(16)18(21)15-7-4-10-19-13-15/h2-4,6-7,9-10,13,16H,5,8,11-12H2,1H3/t16-/m0/s1. The molecule has 1 fully saturated rings. The van der Waals surface area contributed by atoms with E-state index < -0.39 is 0 Å². The summed E-state index contributed by atoms with van der Waals surface area (Å²) < 4.78 is 5.42. The molecule has 0 spiro atoms. The number of hydrogen-bond donors (Lipinski definition) is 0. The van der Waals surface area contributed by atoms with Crippen molar-refractivity contribution in [2.75, 3.05) is 13.7 Å². The van der Waals surface area contributed by atoms with Crippen LogP contribution in [0.5, 0.6) is 5.75 Å². The molecule has 1 saturated heterocycles. The van der Waals surface area contributed by atoms with Crippen molar-refractivity contribution < 1.29 is 9.53 Å². The second kappa shape index (κ2) is 6.60. The number of para-hydroxylation sites is 1. The van der Waals surface area contributed by atoms with Crippen LogP contribution < -0.4 is 4.74 Å². The zero-order valence-electron chi connectivity index (χ0n) is 12.7. The molecule has 1 aromatic carbocycles. The van der Waals surface area contributed by atoms with E-state index in [1.54, 1.807) is 25.6 Å². The molecule has 0 saturated carbocycles. The summed E-state index contributed by atoms with van der Waals surface area (Å²) in [7, 11) is 1.69. The Labute approximate surface area is 130 Å². The largest absolute Gasteiger partial charge is 0.496 e. The molecule has 0 N–H and O–H groups in total. The van der Waals surface area contributed by atoms with Gasteiger partial charge in [-0.05, 0) is 43.0 Å². The molecule has 0 aliphatic carbocycles. The highest BCUT2D eigenvalue weighted by atomic mass is 16.5. The smallest absolute Gasteiger partial charge is 0.255 e. The minimum Gasteiger partial charge on any atom is -0.496 e. The van der Waals surface area contributed by atoms with Crippen LogP contribution in [0.25, 0.3) is 0 Å². The molecular weight excluding hydrogens is 276 g/mol. The number of aromatic nitrogens is 1. The summed E-state index contributed by atoms with van der Waals surface area (Å²) in [5.74, 6) is 0.966. The predicted molar refractivity (Wildman–Crippen MR) is 85.0 cm³/mol. The zero-order chi connectivity index (χ0) is 15.4. The van der Waals surface area contributed by atoms with Gasteiger partial charge < -0.3 is 9.64 Å². The van der Waals surface area contributed by atoms with E-state index in [2.05, 4.69) is 11.1 Å². The number of carbonyl (C=O) groups is 1. The molecule has 0 radical (unpaired) electrons. The molecule has 1 aliphatic rings. The van der Waals surface area contributed by atoms with Crippen LogP contribution >= 0.6 is 0 Å². The summed E-state index contributed by atoms with van der Waals surface area (Å²) in [5.41, 5.74) is 1.82. The van der Waals surface area contributed by atoms with E-state index in [1.165, 1.54) is 0 Å². The van der Waals surface area contributed by atoms with Gasteiger partial charge in [0.25, 0.3) is 5.91 Å². The van der Waals surface area contributed by atoms with E-state index in [9.17, 15) is 4.79 Å². The topological polar surface area (TPSA) is 42.4 Å². The van der Waals surface area contributed by atoms with Crippen LogP contribution in [0.15, 0.2) is 48.8 Å². The van der Waals surface area contributed by atoms with Gasteiger partial charge >= 0.3 is 0 Å². The van der Waals surface area contributed by atoms with Crippen molar-refractivity contribution in [2.45, 2.75) is 25.3 Å².